The Bertz CT molecular complexity index is 272. The Morgan fingerprint density at radius 2 is 2.38 bits per heavy atom. The summed E-state index contributed by atoms with van der Waals surface area (Å²) < 4.78 is 0. The third kappa shape index (κ3) is 2.91. The Morgan fingerprint density at radius 1 is 1.69 bits per heavy atom. The molecule has 0 atom stereocenters. The molecule has 3 N–H and O–H groups in total. The van der Waals surface area contributed by atoms with E-state index in [9.17, 15) is 9.90 Å². The molecule has 0 saturated heterocycles. The molecule has 0 unspecified atom stereocenters. The smallest absolute Gasteiger partial charge is 0.251 e. The molecule has 4 heteroatoms. The lowest BCUT2D eigenvalue weighted by atomic mass is 10.1. The summed E-state index contributed by atoms with van der Waals surface area (Å²) in [6, 6.07) is 1.87. The normalized spacial score (nSPS) is 11.3. The van der Waals surface area contributed by atoms with Gasteiger partial charge in [-0.15, -0.1) is 0 Å². The van der Waals surface area contributed by atoms with E-state index in [1.54, 1.807) is 12.4 Å². The van der Waals surface area contributed by atoms with Gasteiger partial charge in [0.2, 0.25) is 0 Å². The average Bonchev–Trinajstić information content (AvgIpc) is 2.50. The topological polar surface area (TPSA) is 65.1 Å². The first-order chi connectivity index (χ1) is 6.00. The summed E-state index contributed by atoms with van der Waals surface area (Å²) in [5.41, 5.74) is -0.325. The number of hydrogen-bond donors (Lipinski definition) is 3. The summed E-state index contributed by atoms with van der Waals surface area (Å²) in [5, 5.41) is 11.9. The SMILES string of the molecule is CC(C)(O)C(=O)NCc1cc[nH]c1. The molecule has 0 aliphatic heterocycles. The van der Waals surface area contributed by atoms with Crippen LogP contribution in [0.4, 0.5) is 0 Å². The average molecular weight is 182 g/mol. The van der Waals surface area contributed by atoms with Crippen molar-refractivity contribution in [1.29, 1.82) is 0 Å². The van der Waals surface area contributed by atoms with Crippen molar-refractivity contribution in [2.45, 2.75) is 26.0 Å². The minimum Gasteiger partial charge on any atom is -0.381 e. The molecule has 13 heavy (non-hydrogen) atoms. The van der Waals surface area contributed by atoms with Crippen LogP contribution >= 0.6 is 0 Å². The van der Waals surface area contributed by atoms with Crippen LogP contribution in [-0.4, -0.2) is 21.6 Å². The summed E-state index contributed by atoms with van der Waals surface area (Å²) >= 11 is 0. The van der Waals surface area contributed by atoms with Gasteiger partial charge in [0.05, 0.1) is 0 Å². The number of H-pyrrole nitrogens is 1. The van der Waals surface area contributed by atoms with Gasteiger partial charge in [0.25, 0.3) is 5.91 Å². The van der Waals surface area contributed by atoms with Gasteiger partial charge in [0, 0.05) is 18.9 Å². The highest BCUT2D eigenvalue weighted by molar-refractivity contribution is 5.83. The van der Waals surface area contributed by atoms with E-state index in [-0.39, 0.29) is 5.91 Å². The Labute approximate surface area is 77.0 Å². The van der Waals surface area contributed by atoms with E-state index in [0.717, 1.165) is 5.56 Å². The number of aromatic nitrogens is 1. The number of nitrogens with one attached hydrogen (secondary N) is 2. The summed E-state index contributed by atoms with van der Waals surface area (Å²) in [7, 11) is 0. The van der Waals surface area contributed by atoms with E-state index in [1.807, 2.05) is 6.07 Å². The maximum Gasteiger partial charge on any atom is 0.251 e. The quantitative estimate of drug-likeness (QED) is 0.633. The molecule has 1 amide bonds. The van der Waals surface area contributed by atoms with Gasteiger partial charge >= 0.3 is 0 Å². The van der Waals surface area contributed by atoms with E-state index >= 15 is 0 Å². The number of carbonyl (C=O) groups excluding carboxylic acids is 1. The second kappa shape index (κ2) is 3.62. The number of hydrogen-bond acceptors (Lipinski definition) is 2. The fourth-order valence-electron chi connectivity index (χ4n) is 0.867. The first kappa shape index (κ1) is 9.80. The summed E-state index contributed by atoms with van der Waals surface area (Å²) in [6.45, 7) is 3.35. The van der Waals surface area contributed by atoms with Crippen molar-refractivity contribution in [2.75, 3.05) is 0 Å². The lowest BCUT2D eigenvalue weighted by Crippen LogP contribution is -2.41. The molecule has 72 valence electrons. The van der Waals surface area contributed by atoms with Crippen LogP contribution in [0.1, 0.15) is 19.4 Å². The van der Waals surface area contributed by atoms with Gasteiger partial charge in [-0.3, -0.25) is 4.79 Å². The minimum atomic E-state index is -1.31. The van der Waals surface area contributed by atoms with Crippen LogP contribution in [0.25, 0.3) is 0 Å². The molecule has 0 radical (unpaired) electrons. The monoisotopic (exact) mass is 182 g/mol. The number of amides is 1. The molecule has 1 aromatic rings. The fraction of sp³-hybridized carbons (Fsp3) is 0.444. The number of aromatic amines is 1. The highest BCUT2D eigenvalue weighted by atomic mass is 16.3. The predicted octanol–water partition coefficient (Wildman–Crippen LogP) is 0.402. The third-order valence-electron chi connectivity index (χ3n) is 1.67. The maximum atomic E-state index is 11.2. The molecule has 0 aliphatic carbocycles. The molecule has 0 fully saturated rings. The van der Waals surface area contributed by atoms with Gasteiger partial charge in [-0.25, -0.2) is 0 Å². The van der Waals surface area contributed by atoms with E-state index < -0.39 is 5.60 Å². The van der Waals surface area contributed by atoms with Gasteiger partial charge in [-0.1, -0.05) is 0 Å². The third-order valence-corrected chi connectivity index (χ3v) is 1.67. The van der Waals surface area contributed by atoms with Crippen LogP contribution in [0.15, 0.2) is 18.5 Å². The predicted molar refractivity (Wildman–Crippen MR) is 48.9 cm³/mol. The molecule has 4 nitrogen and oxygen atoms in total. The Balaban J connectivity index is 2.40. The van der Waals surface area contributed by atoms with Gasteiger partial charge in [0.15, 0.2) is 0 Å². The first-order valence-electron chi connectivity index (χ1n) is 4.12. The summed E-state index contributed by atoms with van der Waals surface area (Å²) in [6.07, 6.45) is 3.58. The molecule has 1 rings (SSSR count). The van der Waals surface area contributed by atoms with E-state index in [0.29, 0.717) is 6.54 Å². The number of aliphatic hydroxyl groups is 1. The fourth-order valence-corrected chi connectivity index (χ4v) is 0.867. The van der Waals surface area contributed by atoms with Gasteiger partial charge < -0.3 is 15.4 Å². The van der Waals surface area contributed by atoms with Gasteiger partial charge in [0.1, 0.15) is 5.60 Å². The van der Waals surface area contributed by atoms with Crippen LogP contribution in [0.2, 0.25) is 0 Å². The summed E-state index contributed by atoms with van der Waals surface area (Å²) in [4.78, 5) is 14.1. The summed E-state index contributed by atoms with van der Waals surface area (Å²) in [5.74, 6) is -0.367. The zero-order valence-electron chi connectivity index (χ0n) is 7.79. The van der Waals surface area contributed by atoms with E-state index in [1.165, 1.54) is 13.8 Å². The molecular weight excluding hydrogens is 168 g/mol. The number of carbonyl (C=O) groups is 1. The van der Waals surface area contributed by atoms with Gasteiger partial charge in [-0.2, -0.15) is 0 Å². The highest BCUT2D eigenvalue weighted by Gasteiger charge is 2.22. The molecular formula is C9H14N2O2. The first-order valence-corrected chi connectivity index (χ1v) is 4.12. The number of rotatable bonds is 3. The van der Waals surface area contributed by atoms with Crippen LogP contribution in [0, 0.1) is 0 Å². The molecule has 0 aromatic carbocycles. The van der Waals surface area contributed by atoms with Gasteiger partial charge in [-0.05, 0) is 25.5 Å². The van der Waals surface area contributed by atoms with Crippen molar-refractivity contribution in [3.63, 3.8) is 0 Å². The second-order valence-corrected chi connectivity index (χ2v) is 3.46. The zero-order chi connectivity index (χ0) is 9.90. The second-order valence-electron chi connectivity index (χ2n) is 3.46. The molecule has 0 bridgehead atoms. The Hall–Kier alpha value is -1.29. The molecule has 1 aromatic heterocycles. The van der Waals surface area contributed by atoms with E-state index in [2.05, 4.69) is 10.3 Å². The van der Waals surface area contributed by atoms with Crippen molar-refractivity contribution in [3.8, 4) is 0 Å². The van der Waals surface area contributed by atoms with Crippen molar-refractivity contribution < 1.29 is 9.90 Å². The largest absolute Gasteiger partial charge is 0.381 e. The lowest BCUT2D eigenvalue weighted by molar-refractivity contribution is -0.136. The zero-order valence-corrected chi connectivity index (χ0v) is 7.79. The highest BCUT2D eigenvalue weighted by Crippen LogP contribution is 2.01. The minimum absolute atomic E-state index is 0.367. The Kier molecular flexibility index (Phi) is 2.72. The molecule has 0 aliphatic rings. The lowest BCUT2D eigenvalue weighted by Gasteiger charge is -2.15. The standard InChI is InChI=1S/C9H14N2O2/c1-9(2,13)8(12)11-6-7-3-4-10-5-7/h3-5,10,13H,6H2,1-2H3,(H,11,12). The van der Waals surface area contributed by atoms with Crippen LogP contribution in [-0.2, 0) is 11.3 Å². The van der Waals surface area contributed by atoms with Crippen molar-refractivity contribution in [2.24, 2.45) is 0 Å². The van der Waals surface area contributed by atoms with Crippen LogP contribution in [0.3, 0.4) is 0 Å². The van der Waals surface area contributed by atoms with E-state index in [4.69, 9.17) is 0 Å². The van der Waals surface area contributed by atoms with Crippen molar-refractivity contribution >= 4 is 5.91 Å². The van der Waals surface area contributed by atoms with Crippen LogP contribution < -0.4 is 5.32 Å². The van der Waals surface area contributed by atoms with Crippen molar-refractivity contribution in [1.82, 2.24) is 10.3 Å². The van der Waals surface area contributed by atoms with Crippen molar-refractivity contribution in [3.05, 3.63) is 24.0 Å². The van der Waals surface area contributed by atoms with Crippen LogP contribution in [0.5, 0.6) is 0 Å². The molecule has 0 spiro atoms. The molecule has 0 saturated carbocycles. The Morgan fingerprint density at radius 3 is 2.85 bits per heavy atom. The maximum absolute atomic E-state index is 11.2. The molecule has 1 heterocycles.